The van der Waals surface area contributed by atoms with Crippen molar-refractivity contribution in [2.24, 2.45) is 0 Å². The molecule has 12 heteroatoms. The van der Waals surface area contributed by atoms with Gasteiger partial charge in [-0.3, -0.25) is 4.79 Å². The number of carboxylic acids is 1. The fourth-order valence-electron chi connectivity index (χ4n) is 6.88. The highest BCUT2D eigenvalue weighted by Crippen LogP contribution is 2.46. The van der Waals surface area contributed by atoms with E-state index in [0.29, 0.717) is 25.6 Å². The summed E-state index contributed by atoms with van der Waals surface area (Å²) in [6.07, 6.45) is 4.11. The Kier molecular flexibility index (Phi) is 14.7. The van der Waals surface area contributed by atoms with E-state index >= 15 is 0 Å². The lowest BCUT2D eigenvalue weighted by atomic mass is 9.74. The van der Waals surface area contributed by atoms with Crippen LogP contribution in [0.3, 0.4) is 0 Å². The van der Waals surface area contributed by atoms with Gasteiger partial charge in [-0.2, -0.15) is 0 Å². The Labute approximate surface area is 339 Å². The zero-order chi connectivity index (χ0) is 36.5. The molecule has 0 unspecified atom stereocenters. The lowest BCUT2D eigenvalue weighted by Gasteiger charge is -2.38. The first-order chi connectivity index (χ1) is 26.0. The van der Waals surface area contributed by atoms with Crippen LogP contribution in [0.5, 0.6) is 11.5 Å². The quantitative estimate of drug-likeness (QED) is 0.143. The van der Waals surface area contributed by atoms with Gasteiger partial charge in [0, 0.05) is 33.4 Å². The van der Waals surface area contributed by atoms with Crippen molar-refractivity contribution >= 4 is 30.0 Å². The normalized spacial score (nSPS) is 14.0. The number of carbonyl (C=O) groups is 1. The van der Waals surface area contributed by atoms with E-state index in [9.17, 15) is 4.79 Å². The van der Waals surface area contributed by atoms with Gasteiger partial charge in [-0.25, -0.2) is 0 Å². The molecule has 2 aliphatic heterocycles. The van der Waals surface area contributed by atoms with E-state index in [2.05, 4.69) is 23.1 Å². The monoisotopic (exact) mass is 799 g/mol. The van der Waals surface area contributed by atoms with Crippen molar-refractivity contribution in [3.8, 4) is 34.3 Å². The van der Waals surface area contributed by atoms with E-state index < -0.39 is 5.97 Å². The molecular weight excluding hydrogens is 757 g/mol. The second-order valence-electron chi connectivity index (χ2n) is 13.4. The number of likely N-dealkylation sites (tertiary alicyclic amines) is 1. The molecule has 0 atom stereocenters. The zero-order valence-corrected chi connectivity index (χ0v) is 32.7. The van der Waals surface area contributed by atoms with Crippen LogP contribution >= 0.6 is 24.0 Å². The maximum absolute atomic E-state index is 10.8. The molecule has 286 valence electrons. The molecule has 8 rings (SSSR count). The number of fused-ring (bicyclic) bond motifs is 2. The molecular formula is C43H44Cl3N5O4. The van der Waals surface area contributed by atoms with Gasteiger partial charge in [-0.05, 0) is 109 Å². The number of benzene rings is 5. The largest absolute Gasteiger partial charge is 1.00 e. The Morgan fingerprint density at radius 2 is 1.53 bits per heavy atom. The minimum absolute atomic E-state index is 0. The summed E-state index contributed by atoms with van der Waals surface area (Å²) in [4.78, 5) is 16.7. The van der Waals surface area contributed by atoms with Crippen molar-refractivity contribution < 1.29 is 36.6 Å². The average Bonchev–Trinajstić information content (AvgIpc) is 3.81. The second kappa shape index (κ2) is 19.6. The maximum atomic E-state index is 10.8. The predicted molar refractivity (Wildman–Crippen MR) is 212 cm³/mol. The number of aryl methyl sites for hydroxylation is 1. The number of ether oxygens (including phenoxy) is 2. The highest BCUT2D eigenvalue weighted by Gasteiger charge is 2.43. The van der Waals surface area contributed by atoms with Crippen molar-refractivity contribution in [1.29, 1.82) is 0 Å². The van der Waals surface area contributed by atoms with Gasteiger partial charge >= 0.3 is 11.8 Å². The smallest absolute Gasteiger partial charge is 0.340 e. The highest BCUT2D eigenvalue weighted by atomic mass is 35.5. The molecule has 5 aromatic carbocycles. The molecule has 0 saturated carbocycles. The number of hydrogen-bond acceptors (Lipinski definition) is 6. The third kappa shape index (κ3) is 10.4. The van der Waals surface area contributed by atoms with Gasteiger partial charge in [-0.1, -0.05) is 84.4 Å². The Hall–Kier alpha value is -4.93. The number of tetrazole rings is 1. The van der Waals surface area contributed by atoms with Crippen LogP contribution in [0.4, 0.5) is 0 Å². The lowest BCUT2D eigenvalue weighted by Crippen LogP contribution is -3.00. The summed E-state index contributed by atoms with van der Waals surface area (Å²) in [5.74, 6) is 1.74. The second-order valence-corrected chi connectivity index (χ2v) is 13.9. The summed E-state index contributed by atoms with van der Waals surface area (Å²) < 4.78 is 12.0. The van der Waals surface area contributed by atoms with E-state index in [-0.39, 0.29) is 36.6 Å². The summed E-state index contributed by atoms with van der Waals surface area (Å²) in [5, 5.41) is 19.0. The Morgan fingerprint density at radius 1 is 0.873 bits per heavy atom. The van der Waals surface area contributed by atoms with E-state index in [1.54, 1.807) is 0 Å². The SMILES string of the molecule is Cl.O=C(O)CCN1CCC2(CC1)COc1cc(OCCCc3ccc(Cl)cc3)ccc12.[Cl-].c1ccc(-c2nn(-c3ccccc3)[n+](-c3ccccc3)n2)cc1. The minimum atomic E-state index is -0.731. The summed E-state index contributed by atoms with van der Waals surface area (Å²) >= 11 is 5.93. The van der Waals surface area contributed by atoms with Crippen LogP contribution in [0.2, 0.25) is 5.02 Å². The third-order valence-electron chi connectivity index (χ3n) is 9.84. The molecule has 1 aromatic heterocycles. The molecule has 55 heavy (non-hydrogen) atoms. The number of hydrogen-bond donors (Lipinski definition) is 1. The summed E-state index contributed by atoms with van der Waals surface area (Å²) in [6, 6.07) is 44.2. The lowest BCUT2D eigenvalue weighted by molar-refractivity contribution is -0.734. The van der Waals surface area contributed by atoms with Crippen LogP contribution in [0.25, 0.3) is 22.8 Å². The number of piperidine rings is 1. The Morgan fingerprint density at radius 3 is 2.20 bits per heavy atom. The predicted octanol–water partition coefficient (Wildman–Crippen LogP) is 5.19. The van der Waals surface area contributed by atoms with Crippen molar-refractivity contribution in [2.75, 3.05) is 32.8 Å². The fraction of sp³-hybridized carbons (Fsp3) is 0.256. The number of halogens is 3. The number of aliphatic carboxylic acids is 1. The van der Waals surface area contributed by atoms with Crippen LogP contribution in [0.15, 0.2) is 133 Å². The number of nitrogens with zero attached hydrogens (tertiary/aromatic N) is 5. The summed E-state index contributed by atoms with van der Waals surface area (Å²) in [7, 11) is 0. The molecule has 9 nitrogen and oxygen atoms in total. The van der Waals surface area contributed by atoms with Crippen molar-refractivity contribution in [1.82, 2.24) is 19.9 Å². The molecule has 1 fully saturated rings. The molecule has 0 radical (unpaired) electrons. The Bertz CT molecular complexity index is 2040. The van der Waals surface area contributed by atoms with Gasteiger partial charge in [0.25, 0.3) is 0 Å². The van der Waals surface area contributed by atoms with Crippen molar-refractivity contribution in [2.45, 2.75) is 37.5 Å². The molecule has 1 saturated heterocycles. The molecule has 3 heterocycles. The van der Waals surface area contributed by atoms with Gasteiger partial charge in [-0.15, -0.1) is 12.4 Å². The van der Waals surface area contributed by atoms with E-state index in [4.69, 9.17) is 36.4 Å². The molecule has 2 aliphatic rings. The molecule has 1 spiro atoms. The number of rotatable bonds is 11. The van der Waals surface area contributed by atoms with Gasteiger partial charge in [0.2, 0.25) is 0 Å². The molecule has 0 bridgehead atoms. The summed E-state index contributed by atoms with van der Waals surface area (Å²) in [5.41, 5.74) is 5.51. The molecule has 1 N–H and O–H groups in total. The van der Waals surface area contributed by atoms with Crippen molar-refractivity contribution in [3.63, 3.8) is 0 Å². The zero-order valence-electron chi connectivity index (χ0n) is 30.3. The van der Waals surface area contributed by atoms with Crippen LogP contribution in [-0.4, -0.2) is 63.8 Å². The first kappa shape index (κ1) is 41.2. The standard InChI is InChI=1S/C24H28ClNO4.C19H15N4.2ClH/c25-19-5-3-18(4-6-19)2-1-15-29-20-7-8-21-22(16-20)30-17-24(21)10-13-26(14-11-24)12-9-23(27)28;1-4-10-16(11-5-1)19-20-22(17-12-6-2-7-13-17)23(21-19)18-14-8-3-9-15-18;;/h3-8,16H,1-2,9-15,17H2,(H,27,28);1-15H;2*1H/q;+1;;/p-1. The van der Waals surface area contributed by atoms with Gasteiger partial charge in [0.05, 0.1) is 30.3 Å². The van der Waals surface area contributed by atoms with Gasteiger partial charge < -0.3 is 31.9 Å². The first-order valence-electron chi connectivity index (χ1n) is 18.1. The molecule has 0 aliphatic carbocycles. The maximum Gasteiger partial charge on any atom is 0.340 e. The number of para-hydroxylation sites is 2. The number of carboxylic acid groups (broad SMARTS) is 1. The van der Waals surface area contributed by atoms with Gasteiger partial charge in [0.1, 0.15) is 17.2 Å². The van der Waals surface area contributed by atoms with Crippen LogP contribution < -0.4 is 26.7 Å². The fourth-order valence-corrected chi connectivity index (χ4v) is 7.00. The topological polar surface area (TPSA) is 93.6 Å². The Balaban J connectivity index is 0.000000210. The van der Waals surface area contributed by atoms with Crippen LogP contribution in [0.1, 0.15) is 36.8 Å². The van der Waals surface area contributed by atoms with E-state index in [1.165, 1.54) is 11.1 Å². The van der Waals surface area contributed by atoms with E-state index in [0.717, 1.165) is 72.2 Å². The van der Waals surface area contributed by atoms with E-state index in [1.807, 2.05) is 125 Å². The number of aromatic nitrogens is 4. The molecule has 0 amide bonds. The molecule has 6 aromatic rings. The summed E-state index contributed by atoms with van der Waals surface area (Å²) in [6.45, 7) is 3.82. The third-order valence-corrected chi connectivity index (χ3v) is 10.1. The van der Waals surface area contributed by atoms with Crippen molar-refractivity contribution in [3.05, 3.63) is 150 Å². The first-order valence-corrected chi connectivity index (χ1v) is 18.5. The van der Waals surface area contributed by atoms with Crippen LogP contribution in [-0.2, 0) is 16.6 Å². The minimum Gasteiger partial charge on any atom is -1.00 e. The average molecular weight is 801 g/mol. The van der Waals surface area contributed by atoms with Crippen LogP contribution in [0, 0.1) is 0 Å². The van der Waals surface area contributed by atoms with Gasteiger partial charge in [0.15, 0.2) is 5.69 Å². The highest BCUT2D eigenvalue weighted by molar-refractivity contribution is 6.30.